The molecule has 0 bridgehead atoms. The molecule has 1 aromatic carbocycles. The second-order valence-corrected chi connectivity index (χ2v) is 11.8. The van der Waals surface area contributed by atoms with E-state index in [0.717, 1.165) is 37.7 Å². The van der Waals surface area contributed by atoms with Crippen LogP contribution in [0.5, 0.6) is 11.5 Å². The highest BCUT2D eigenvalue weighted by Crippen LogP contribution is 2.30. The molecule has 12 heteroatoms. The zero-order chi connectivity index (χ0) is 34.3. The summed E-state index contributed by atoms with van der Waals surface area (Å²) in [6.07, 6.45) is 5.23. The number of pyridine rings is 1. The van der Waals surface area contributed by atoms with Crippen molar-refractivity contribution in [3.8, 4) is 11.5 Å². The van der Waals surface area contributed by atoms with E-state index in [2.05, 4.69) is 17.2 Å². The van der Waals surface area contributed by atoms with Gasteiger partial charge in [-0.2, -0.15) is 0 Å². The number of benzene rings is 1. The van der Waals surface area contributed by atoms with Gasteiger partial charge in [-0.05, 0) is 25.3 Å². The van der Waals surface area contributed by atoms with Crippen LogP contribution in [0.4, 0.5) is 0 Å². The Morgan fingerprint density at radius 1 is 1.00 bits per heavy atom. The number of carbonyl (C=O) groups is 5. The lowest BCUT2D eigenvalue weighted by Crippen LogP contribution is -2.47. The summed E-state index contributed by atoms with van der Waals surface area (Å²) >= 11 is 0. The molecule has 2 unspecified atom stereocenters. The predicted molar refractivity (Wildman–Crippen MR) is 171 cm³/mol. The van der Waals surface area contributed by atoms with Gasteiger partial charge >= 0.3 is 23.9 Å². The van der Waals surface area contributed by atoms with Gasteiger partial charge in [0.15, 0.2) is 23.6 Å². The molecule has 1 aromatic heterocycles. The summed E-state index contributed by atoms with van der Waals surface area (Å²) in [7, 11) is 1.35. The van der Waals surface area contributed by atoms with Crippen LogP contribution in [0.3, 0.4) is 0 Å². The molecular weight excluding hydrogens is 608 g/mol. The number of unbranched alkanes of at least 4 members (excludes halogenated alkanes) is 5. The van der Waals surface area contributed by atoms with Gasteiger partial charge in [0.1, 0.15) is 18.6 Å². The van der Waals surface area contributed by atoms with Gasteiger partial charge in [0.05, 0.1) is 13.0 Å². The molecule has 256 valence electrons. The molecule has 47 heavy (non-hydrogen) atoms. The Balaban J connectivity index is 1.79. The lowest BCUT2D eigenvalue weighted by atomic mass is 9.91. The van der Waals surface area contributed by atoms with Crippen molar-refractivity contribution in [1.82, 2.24) is 10.3 Å². The lowest BCUT2D eigenvalue weighted by molar-refractivity contribution is -0.176. The summed E-state index contributed by atoms with van der Waals surface area (Å²) in [4.78, 5) is 69.7. The molecule has 0 spiro atoms. The SMILES string of the molecule is CCCCCCCCC(=O)Oc1c(OC)ccnc1C(=O)NC1COC(=O)[C@H](Cc2ccccc2)C(OC(=O)C(C)C)[C@H](C)OC1=O. The molecule has 2 aromatic rings. The fraction of sp³-hybridized carbons (Fsp3) is 0.543. The number of carbonyl (C=O) groups excluding carboxylic acids is 5. The molecule has 0 saturated carbocycles. The van der Waals surface area contributed by atoms with Gasteiger partial charge in [-0.25, -0.2) is 9.78 Å². The van der Waals surface area contributed by atoms with Crippen LogP contribution < -0.4 is 14.8 Å². The summed E-state index contributed by atoms with van der Waals surface area (Å²) in [5.41, 5.74) is 0.476. The first-order chi connectivity index (χ1) is 22.5. The molecule has 1 fully saturated rings. The van der Waals surface area contributed by atoms with Crippen LogP contribution in [0.1, 0.15) is 88.7 Å². The highest BCUT2D eigenvalue weighted by atomic mass is 16.6. The summed E-state index contributed by atoms with van der Waals surface area (Å²) in [5, 5.41) is 2.49. The maximum atomic E-state index is 13.5. The second-order valence-electron chi connectivity index (χ2n) is 11.8. The van der Waals surface area contributed by atoms with Crippen LogP contribution in [-0.2, 0) is 39.8 Å². The zero-order valence-electron chi connectivity index (χ0n) is 27.8. The van der Waals surface area contributed by atoms with Crippen LogP contribution in [0.2, 0.25) is 0 Å². The van der Waals surface area contributed by atoms with E-state index in [1.807, 2.05) is 30.3 Å². The molecule has 1 aliphatic rings. The van der Waals surface area contributed by atoms with Crippen molar-refractivity contribution >= 4 is 29.8 Å². The van der Waals surface area contributed by atoms with E-state index in [1.54, 1.807) is 13.8 Å². The van der Waals surface area contributed by atoms with Crippen molar-refractivity contribution in [2.45, 2.75) is 97.3 Å². The van der Waals surface area contributed by atoms with E-state index in [0.29, 0.717) is 6.42 Å². The van der Waals surface area contributed by atoms with Crippen LogP contribution in [0.15, 0.2) is 42.6 Å². The monoisotopic (exact) mass is 654 g/mol. The summed E-state index contributed by atoms with van der Waals surface area (Å²) < 4.78 is 27.7. The first-order valence-electron chi connectivity index (χ1n) is 16.2. The van der Waals surface area contributed by atoms with Crippen molar-refractivity contribution in [3.63, 3.8) is 0 Å². The summed E-state index contributed by atoms with van der Waals surface area (Å²) in [6, 6.07) is 9.08. The number of cyclic esters (lactones) is 2. The number of rotatable bonds is 15. The highest BCUT2D eigenvalue weighted by molar-refractivity contribution is 5.99. The smallest absolute Gasteiger partial charge is 0.332 e. The number of aromatic nitrogens is 1. The van der Waals surface area contributed by atoms with Gasteiger partial charge in [-0.15, -0.1) is 0 Å². The van der Waals surface area contributed by atoms with Crippen molar-refractivity contribution in [2.24, 2.45) is 11.8 Å². The molecule has 1 saturated heterocycles. The first-order valence-corrected chi connectivity index (χ1v) is 16.2. The Kier molecular flexibility index (Phi) is 14.6. The van der Waals surface area contributed by atoms with E-state index in [4.69, 9.17) is 23.7 Å². The van der Waals surface area contributed by atoms with E-state index in [1.165, 1.54) is 26.3 Å². The molecular formula is C35H46N2O10. The number of ether oxygens (including phenoxy) is 5. The molecule has 0 aliphatic carbocycles. The molecule has 12 nitrogen and oxygen atoms in total. The van der Waals surface area contributed by atoms with Gasteiger partial charge in [0.25, 0.3) is 5.91 Å². The Morgan fingerprint density at radius 2 is 1.70 bits per heavy atom. The molecule has 2 heterocycles. The van der Waals surface area contributed by atoms with E-state index < -0.39 is 66.5 Å². The van der Waals surface area contributed by atoms with Crippen LogP contribution in [-0.4, -0.2) is 66.7 Å². The zero-order valence-corrected chi connectivity index (χ0v) is 27.8. The highest BCUT2D eigenvalue weighted by Gasteiger charge is 2.42. The third-order valence-corrected chi connectivity index (χ3v) is 7.72. The molecule has 1 amide bonds. The number of nitrogens with zero attached hydrogens (tertiary/aromatic N) is 1. The van der Waals surface area contributed by atoms with Gasteiger partial charge in [-0.1, -0.05) is 83.2 Å². The topological polar surface area (TPSA) is 156 Å². The van der Waals surface area contributed by atoms with Crippen molar-refractivity contribution in [3.05, 3.63) is 53.9 Å². The molecule has 4 atom stereocenters. The molecule has 3 rings (SSSR count). The van der Waals surface area contributed by atoms with Gasteiger partial charge in [0, 0.05) is 18.7 Å². The average Bonchev–Trinajstić information content (AvgIpc) is 3.08. The van der Waals surface area contributed by atoms with E-state index in [9.17, 15) is 24.0 Å². The lowest BCUT2D eigenvalue weighted by Gasteiger charge is -2.29. The Morgan fingerprint density at radius 3 is 2.38 bits per heavy atom. The third-order valence-electron chi connectivity index (χ3n) is 7.72. The van der Waals surface area contributed by atoms with Gasteiger partial charge in [-0.3, -0.25) is 19.2 Å². The third kappa shape index (κ3) is 11.1. The van der Waals surface area contributed by atoms with Gasteiger partial charge < -0.3 is 29.0 Å². The fourth-order valence-corrected chi connectivity index (χ4v) is 5.04. The fourth-order valence-electron chi connectivity index (χ4n) is 5.04. The van der Waals surface area contributed by atoms with Crippen molar-refractivity contribution in [1.29, 1.82) is 0 Å². The second kappa shape index (κ2) is 18.6. The summed E-state index contributed by atoms with van der Waals surface area (Å²) in [6.45, 7) is 6.37. The quantitative estimate of drug-likeness (QED) is 0.160. The summed E-state index contributed by atoms with van der Waals surface area (Å²) in [5.74, 6) is -5.29. The number of nitrogens with one attached hydrogen (secondary N) is 1. The van der Waals surface area contributed by atoms with Crippen LogP contribution in [0.25, 0.3) is 0 Å². The van der Waals surface area contributed by atoms with Crippen molar-refractivity contribution < 1.29 is 47.7 Å². The number of hydrogen-bond acceptors (Lipinski definition) is 11. The minimum Gasteiger partial charge on any atom is -0.493 e. The first kappa shape index (κ1) is 37.0. The Hall–Kier alpha value is -4.48. The number of hydrogen-bond donors (Lipinski definition) is 1. The normalized spacial score (nSPS) is 19.8. The van der Waals surface area contributed by atoms with Gasteiger partial charge in [0.2, 0.25) is 5.75 Å². The maximum Gasteiger partial charge on any atom is 0.332 e. The maximum absolute atomic E-state index is 13.5. The largest absolute Gasteiger partial charge is 0.493 e. The molecule has 1 aliphatic heterocycles. The van der Waals surface area contributed by atoms with E-state index >= 15 is 0 Å². The average molecular weight is 655 g/mol. The van der Waals surface area contributed by atoms with Crippen LogP contribution >= 0.6 is 0 Å². The van der Waals surface area contributed by atoms with Crippen LogP contribution in [0, 0.1) is 11.8 Å². The standard InChI is InChI=1S/C35H46N2O10/c1-6-7-8-9-10-14-17-28(38)46-31-27(43-5)18-19-36-29(31)32(39)37-26-21-44-34(41)25(20-24-15-12-11-13-16-24)30(23(4)45-35(26)42)47-33(40)22(2)3/h11-13,15-16,18-19,22-23,25-26,30H,6-10,14,17,20-21H2,1-5H3,(H,37,39)/t23-,25+,26?,30?/m0/s1. The minimum atomic E-state index is -1.45. The number of amides is 1. The Labute approximate surface area is 275 Å². The molecule has 0 radical (unpaired) electrons. The van der Waals surface area contributed by atoms with E-state index in [-0.39, 0.29) is 30.0 Å². The molecule has 1 N–H and O–H groups in total. The minimum absolute atomic E-state index is 0.0945. The van der Waals surface area contributed by atoms with Crippen molar-refractivity contribution in [2.75, 3.05) is 13.7 Å². The predicted octanol–water partition coefficient (Wildman–Crippen LogP) is 4.76. The number of esters is 4. The number of methoxy groups -OCH3 is 1. The Bertz CT molecular complexity index is 1360.